The lowest BCUT2D eigenvalue weighted by Crippen LogP contribution is -2.50. The second-order valence-electron chi connectivity index (χ2n) is 4.03. The van der Waals surface area contributed by atoms with Crippen molar-refractivity contribution in [3.05, 3.63) is 0 Å². The lowest BCUT2D eigenvalue weighted by Gasteiger charge is -2.28. The second-order valence-corrected chi connectivity index (χ2v) is 4.03. The van der Waals surface area contributed by atoms with Crippen molar-refractivity contribution in [2.75, 3.05) is 26.9 Å². The van der Waals surface area contributed by atoms with Crippen LogP contribution in [-0.2, 0) is 14.3 Å². The van der Waals surface area contributed by atoms with Crippen LogP contribution in [0.4, 0.5) is 0 Å². The highest BCUT2D eigenvalue weighted by molar-refractivity contribution is 5.80. The predicted molar refractivity (Wildman–Crippen MR) is 64.4 cm³/mol. The Morgan fingerprint density at radius 2 is 2.00 bits per heavy atom. The molecule has 1 unspecified atom stereocenters. The Morgan fingerprint density at radius 3 is 2.50 bits per heavy atom. The summed E-state index contributed by atoms with van der Waals surface area (Å²) in [5.74, 6) is -0.158. The van der Waals surface area contributed by atoms with Gasteiger partial charge in [0.15, 0.2) is 0 Å². The van der Waals surface area contributed by atoms with Crippen LogP contribution in [0.5, 0.6) is 0 Å². The van der Waals surface area contributed by atoms with E-state index in [0.29, 0.717) is 6.61 Å². The van der Waals surface area contributed by atoms with Gasteiger partial charge in [0, 0.05) is 13.7 Å². The van der Waals surface area contributed by atoms with Crippen molar-refractivity contribution in [3.8, 4) is 0 Å². The normalized spacial score (nSPS) is 14.5. The minimum Gasteiger partial charge on any atom is -0.465 e. The van der Waals surface area contributed by atoms with Crippen molar-refractivity contribution in [1.29, 1.82) is 0 Å². The molecule has 0 heterocycles. The molecule has 4 nitrogen and oxygen atoms in total. The van der Waals surface area contributed by atoms with Crippen molar-refractivity contribution in [2.24, 2.45) is 0 Å². The Bertz CT molecular complexity index is 197. The van der Waals surface area contributed by atoms with Crippen LogP contribution >= 0.6 is 0 Å². The summed E-state index contributed by atoms with van der Waals surface area (Å²) in [4.78, 5) is 11.8. The zero-order valence-electron chi connectivity index (χ0n) is 11.0. The van der Waals surface area contributed by atoms with Crippen molar-refractivity contribution in [3.63, 3.8) is 0 Å². The summed E-state index contributed by atoms with van der Waals surface area (Å²) in [6.07, 6.45) is 2.70. The quantitative estimate of drug-likeness (QED) is 0.485. The average molecular weight is 231 g/mol. The van der Waals surface area contributed by atoms with Gasteiger partial charge in [-0.2, -0.15) is 0 Å². The Kier molecular flexibility index (Phi) is 8.21. The van der Waals surface area contributed by atoms with Gasteiger partial charge in [-0.3, -0.25) is 4.79 Å². The van der Waals surface area contributed by atoms with Gasteiger partial charge in [0.05, 0.1) is 6.61 Å². The smallest absolute Gasteiger partial charge is 0.326 e. The van der Waals surface area contributed by atoms with E-state index in [1.807, 2.05) is 20.8 Å². The third kappa shape index (κ3) is 5.47. The van der Waals surface area contributed by atoms with Crippen molar-refractivity contribution in [1.82, 2.24) is 5.32 Å². The molecule has 0 bridgehead atoms. The van der Waals surface area contributed by atoms with Gasteiger partial charge in [0.1, 0.15) is 5.54 Å². The summed E-state index contributed by atoms with van der Waals surface area (Å²) < 4.78 is 10.1. The minimum absolute atomic E-state index is 0.158. The molecule has 0 spiro atoms. The Labute approximate surface area is 98.7 Å². The molecule has 16 heavy (non-hydrogen) atoms. The van der Waals surface area contributed by atoms with E-state index >= 15 is 0 Å². The maximum absolute atomic E-state index is 11.8. The molecule has 0 aliphatic rings. The van der Waals surface area contributed by atoms with Crippen LogP contribution in [0.1, 0.15) is 40.0 Å². The molecule has 1 atom stereocenters. The van der Waals surface area contributed by atoms with E-state index in [1.54, 1.807) is 7.11 Å². The topological polar surface area (TPSA) is 47.6 Å². The predicted octanol–water partition coefficient (Wildman–Crippen LogP) is 1.73. The van der Waals surface area contributed by atoms with Crippen LogP contribution < -0.4 is 5.32 Å². The van der Waals surface area contributed by atoms with E-state index in [-0.39, 0.29) is 5.97 Å². The van der Waals surface area contributed by atoms with Crippen LogP contribution in [0.3, 0.4) is 0 Å². The van der Waals surface area contributed by atoms with Gasteiger partial charge in [-0.1, -0.05) is 6.92 Å². The summed E-state index contributed by atoms with van der Waals surface area (Å²) in [6, 6.07) is 0. The minimum atomic E-state index is -0.557. The number of unbranched alkanes of at least 4 members (excludes halogenated alkanes) is 1. The van der Waals surface area contributed by atoms with Crippen LogP contribution in [0.15, 0.2) is 0 Å². The number of nitrogens with one attached hydrogen (secondary N) is 1. The first-order chi connectivity index (χ1) is 7.60. The summed E-state index contributed by atoms with van der Waals surface area (Å²) in [5, 5.41) is 3.21. The highest BCUT2D eigenvalue weighted by atomic mass is 16.5. The monoisotopic (exact) mass is 231 g/mol. The number of methoxy groups -OCH3 is 1. The highest BCUT2D eigenvalue weighted by Gasteiger charge is 2.32. The first-order valence-electron chi connectivity index (χ1n) is 6.02. The third-order valence-electron chi connectivity index (χ3n) is 2.57. The van der Waals surface area contributed by atoms with Crippen LogP contribution in [0, 0.1) is 0 Å². The van der Waals surface area contributed by atoms with E-state index in [4.69, 9.17) is 9.47 Å². The molecule has 0 aromatic carbocycles. The molecule has 1 N–H and O–H groups in total. The van der Waals surface area contributed by atoms with E-state index < -0.39 is 5.54 Å². The molecule has 0 aliphatic heterocycles. The number of hydrogen-bond donors (Lipinski definition) is 1. The summed E-state index contributed by atoms with van der Waals surface area (Å²) in [5.41, 5.74) is -0.557. The summed E-state index contributed by atoms with van der Waals surface area (Å²) in [6.45, 7) is 7.66. The maximum Gasteiger partial charge on any atom is 0.326 e. The lowest BCUT2D eigenvalue weighted by atomic mass is 9.95. The molecule has 0 rings (SSSR count). The Balaban J connectivity index is 4.15. The van der Waals surface area contributed by atoms with Crippen LogP contribution in [0.25, 0.3) is 0 Å². The number of ether oxygens (including phenoxy) is 2. The summed E-state index contributed by atoms with van der Waals surface area (Å²) in [7, 11) is 1.69. The van der Waals surface area contributed by atoms with Crippen LogP contribution in [-0.4, -0.2) is 38.4 Å². The van der Waals surface area contributed by atoms with Crippen molar-refractivity contribution < 1.29 is 14.3 Å². The molecule has 4 heteroatoms. The maximum atomic E-state index is 11.8. The first kappa shape index (κ1) is 15.4. The Morgan fingerprint density at radius 1 is 1.31 bits per heavy atom. The highest BCUT2D eigenvalue weighted by Crippen LogP contribution is 2.16. The molecule has 0 saturated heterocycles. The second kappa shape index (κ2) is 8.53. The molecule has 0 aliphatic carbocycles. The fraction of sp³-hybridized carbons (Fsp3) is 0.917. The van der Waals surface area contributed by atoms with E-state index in [9.17, 15) is 4.79 Å². The first-order valence-corrected chi connectivity index (χ1v) is 6.02. The van der Waals surface area contributed by atoms with Crippen LogP contribution in [0.2, 0.25) is 0 Å². The molecule has 96 valence electrons. The zero-order chi connectivity index (χ0) is 12.4. The SMILES string of the molecule is CCNC(C)(CCCCOC)C(=O)OCC. The van der Waals surface area contributed by atoms with Crippen molar-refractivity contribution >= 4 is 5.97 Å². The number of likely N-dealkylation sites (N-methyl/N-ethyl adjacent to an activating group) is 1. The number of rotatable bonds is 9. The summed E-state index contributed by atoms with van der Waals surface area (Å²) >= 11 is 0. The molecule has 0 aromatic rings. The number of hydrogen-bond acceptors (Lipinski definition) is 4. The van der Waals surface area contributed by atoms with Gasteiger partial charge >= 0.3 is 5.97 Å². The molecule has 0 aromatic heterocycles. The van der Waals surface area contributed by atoms with E-state index in [1.165, 1.54) is 0 Å². The molecule has 0 saturated carbocycles. The number of carbonyl (C=O) groups excluding carboxylic acids is 1. The van der Waals surface area contributed by atoms with Gasteiger partial charge in [0.25, 0.3) is 0 Å². The fourth-order valence-corrected chi connectivity index (χ4v) is 1.67. The van der Waals surface area contributed by atoms with Gasteiger partial charge < -0.3 is 14.8 Å². The van der Waals surface area contributed by atoms with E-state index in [0.717, 1.165) is 32.4 Å². The molecular weight excluding hydrogens is 206 g/mol. The number of esters is 1. The molecule has 0 amide bonds. The average Bonchev–Trinajstić information content (AvgIpc) is 2.25. The standard InChI is InChI=1S/C12H25NO3/c1-5-13-12(3,11(14)16-6-2)9-7-8-10-15-4/h13H,5-10H2,1-4H3. The van der Waals surface area contributed by atoms with Crippen molar-refractivity contribution in [2.45, 2.75) is 45.6 Å². The molecule has 0 radical (unpaired) electrons. The Hall–Kier alpha value is -0.610. The number of carbonyl (C=O) groups is 1. The molecular formula is C12H25NO3. The zero-order valence-corrected chi connectivity index (χ0v) is 11.0. The lowest BCUT2D eigenvalue weighted by molar-refractivity contribution is -0.150. The van der Waals surface area contributed by atoms with E-state index in [2.05, 4.69) is 5.32 Å². The van der Waals surface area contributed by atoms with Gasteiger partial charge in [-0.05, 0) is 39.7 Å². The van der Waals surface area contributed by atoms with Gasteiger partial charge in [-0.25, -0.2) is 0 Å². The largest absolute Gasteiger partial charge is 0.465 e. The van der Waals surface area contributed by atoms with Gasteiger partial charge in [0.2, 0.25) is 0 Å². The van der Waals surface area contributed by atoms with Gasteiger partial charge in [-0.15, -0.1) is 0 Å². The molecule has 0 fully saturated rings. The fourth-order valence-electron chi connectivity index (χ4n) is 1.67. The third-order valence-corrected chi connectivity index (χ3v) is 2.57.